The van der Waals surface area contributed by atoms with Crippen LogP contribution < -0.4 is 10.3 Å². The minimum atomic E-state index is -0.163. The third-order valence-corrected chi connectivity index (χ3v) is 5.08. The number of aromatic amines is 1. The number of ether oxygens (including phenoxy) is 1. The Bertz CT molecular complexity index is 1110. The molecule has 0 unspecified atom stereocenters. The van der Waals surface area contributed by atoms with Gasteiger partial charge in [0.15, 0.2) is 5.16 Å². The number of hydrogen-bond donors (Lipinski definition) is 1. The number of rotatable bonds is 6. The molecule has 7 nitrogen and oxygen atoms in total. The summed E-state index contributed by atoms with van der Waals surface area (Å²) < 4.78 is 6.66. The van der Waals surface area contributed by atoms with E-state index in [9.17, 15) is 4.79 Å². The second-order valence-electron chi connectivity index (χ2n) is 5.81. The van der Waals surface area contributed by atoms with Gasteiger partial charge in [-0.3, -0.25) is 4.79 Å². The van der Waals surface area contributed by atoms with Crippen molar-refractivity contribution in [2.75, 3.05) is 12.9 Å². The van der Waals surface area contributed by atoms with Crippen LogP contribution in [0.25, 0.3) is 16.9 Å². The quantitative estimate of drug-likeness (QED) is 0.410. The Labute approximate surface area is 159 Å². The van der Waals surface area contributed by atoms with Gasteiger partial charge < -0.3 is 4.74 Å². The van der Waals surface area contributed by atoms with Crippen LogP contribution in [-0.2, 0) is 6.42 Å². The second-order valence-corrected chi connectivity index (χ2v) is 6.87. The van der Waals surface area contributed by atoms with Crippen LogP contribution in [0.5, 0.6) is 5.75 Å². The van der Waals surface area contributed by atoms with Crippen molar-refractivity contribution in [2.24, 2.45) is 0 Å². The molecule has 0 bridgehead atoms. The third kappa shape index (κ3) is 3.56. The number of hydrogen-bond acceptors (Lipinski definition) is 6. The predicted molar refractivity (Wildman–Crippen MR) is 105 cm³/mol. The third-order valence-electron chi connectivity index (χ3n) is 4.14. The zero-order valence-electron chi connectivity index (χ0n) is 14.6. The first-order valence-corrected chi connectivity index (χ1v) is 9.38. The monoisotopic (exact) mass is 379 g/mol. The van der Waals surface area contributed by atoms with E-state index < -0.39 is 0 Å². The van der Waals surface area contributed by atoms with Crippen molar-refractivity contribution < 1.29 is 4.74 Å². The zero-order valence-corrected chi connectivity index (χ0v) is 15.4. The molecule has 27 heavy (non-hydrogen) atoms. The highest BCUT2D eigenvalue weighted by Crippen LogP contribution is 2.21. The fourth-order valence-corrected chi connectivity index (χ4v) is 3.74. The summed E-state index contributed by atoms with van der Waals surface area (Å²) >= 11 is 1.51. The van der Waals surface area contributed by atoms with Crippen LogP contribution in [0.4, 0.5) is 0 Å². The highest BCUT2D eigenvalue weighted by atomic mass is 32.2. The van der Waals surface area contributed by atoms with Crippen LogP contribution >= 0.6 is 11.8 Å². The van der Waals surface area contributed by atoms with Gasteiger partial charge in [0, 0.05) is 5.75 Å². The van der Waals surface area contributed by atoms with Gasteiger partial charge in [-0.1, -0.05) is 36.0 Å². The van der Waals surface area contributed by atoms with Gasteiger partial charge in [-0.25, -0.2) is 14.6 Å². The summed E-state index contributed by atoms with van der Waals surface area (Å²) in [5.41, 5.74) is 1.70. The van der Waals surface area contributed by atoms with E-state index in [1.807, 2.05) is 42.5 Å². The van der Waals surface area contributed by atoms with Gasteiger partial charge in [0.2, 0.25) is 5.95 Å². The molecule has 1 N–H and O–H groups in total. The van der Waals surface area contributed by atoms with Gasteiger partial charge in [-0.15, -0.1) is 0 Å². The van der Waals surface area contributed by atoms with Crippen molar-refractivity contribution in [2.45, 2.75) is 11.6 Å². The van der Waals surface area contributed by atoms with Crippen molar-refractivity contribution in [3.63, 3.8) is 0 Å². The average Bonchev–Trinajstić information content (AvgIpc) is 3.23. The van der Waals surface area contributed by atoms with Crippen molar-refractivity contribution >= 4 is 22.7 Å². The molecule has 0 aliphatic heterocycles. The van der Waals surface area contributed by atoms with E-state index >= 15 is 0 Å². The lowest BCUT2D eigenvalue weighted by Crippen LogP contribution is -2.23. The number of methoxy groups -OCH3 is 1. The highest BCUT2D eigenvalue weighted by molar-refractivity contribution is 7.99. The number of aromatic nitrogens is 5. The zero-order chi connectivity index (χ0) is 18.6. The molecule has 0 atom stereocenters. The Balaban J connectivity index is 1.63. The van der Waals surface area contributed by atoms with Gasteiger partial charge in [0.1, 0.15) is 12.1 Å². The minimum absolute atomic E-state index is 0.163. The van der Waals surface area contributed by atoms with Crippen molar-refractivity contribution in [3.8, 4) is 11.7 Å². The molecule has 4 rings (SSSR count). The van der Waals surface area contributed by atoms with E-state index in [0.717, 1.165) is 17.9 Å². The number of para-hydroxylation sites is 1. The van der Waals surface area contributed by atoms with Gasteiger partial charge in [-0.05, 0) is 36.2 Å². The van der Waals surface area contributed by atoms with Crippen LogP contribution in [0, 0.1) is 0 Å². The topological polar surface area (TPSA) is 85.7 Å². The number of H-pyrrole nitrogens is 1. The minimum Gasteiger partial charge on any atom is -0.497 e. The van der Waals surface area contributed by atoms with Crippen LogP contribution in [0.1, 0.15) is 5.56 Å². The second kappa shape index (κ2) is 7.63. The summed E-state index contributed by atoms with van der Waals surface area (Å²) in [7, 11) is 1.65. The predicted octanol–water partition coefficient (Wildman–Crippen LogP) is 2.85. The molecule has 2 aromatic heterocycles. The number of nitrogens with zero attached hydrogens (tertiary/aromatic N) is 4. The molecular formula is C19H17N5O2S. The van der Waals surface area contributed by atoms with E-state index in [1.165, 1.54) is 28.2 Å². The highest BCUT2D eigenvalue weighted by Gasteiger charge is 2.14. The molecule has 0 radical (unpaired) electrons. The lowest BCUT2D eigenvalue weighted by Gasteiger charge is -2.10. The fourth-order valence-electron chi connectivity index (χ4n) is 2.76. The number of nitrogens with one attached hydrogen (secondary N) is 1. The molecule has 0 amide bonds. The molecular weight excluding hydrogens is 362 g/mol. The maximum absolute atomic E-state index is 13.0. The summed E-state index contributed by atoms with van der Waals surface area (Å²) in [5, 5.41) is 7.75. The van der Waals surface area contributed by atoms with Crippen LogP contribution in [0.15, 0.2) is 64.8 Å². The molecule has 0 saturated heterocycles. The van der Waals surface area contributed by atoms with E-state index in [0.29, 0.717) is 22.0 Å². The van der Waals surface area contributed by atoms with Crippen molar-refractivity contribution in [1.82, 2.24) is 24.7 Å². The SMILES string of the molecule is COc1ccc(CCSc2nc3ccccc3c(=O)n2-c2ncn[nH]2)cc1. The molecule has 0 spiro atoms. The smallest absolute Gasteiger partial charge is 0.269 e. The fraction of sp³-hybridized carbons (Fsp3) is 0.158. The van der Waals surface area contributed by atoms with E-state index in [1.54, 1.807) is 13.2 Å². The Morgan fingerprint density at radius 1 is 1.15 bits per heavy atom. The first-order valence-electron chi connectivity index (χ1n) is 8.39. The van der Waals surface area contributed by atoms with Crippen molar-refractivity contribution in [3.05, 3.63) is 70.8 Å². The summed E-state index contributed by atoms with van der Waals surface area (Å²) in [5.74, 6) is 1.97. The largest absolute Gasteiger partial charge is 0.497 e. The summed E-state index contributed by atoms with van der Waals surface area (Å²) in [4.78, 5) is 21.8. The molecule has 0 aliphatic rings. The van der Waals surface area contributed by atoms with E-state index in [4.69, 9.17) is 4.74 Å². The molecule has 4 aromatic rings. The van der Waals surface area contributed by atoms with Crippen LogP contribution in [-0.4, -0.2) is 37.6 Å². The first-order chi connectivity index (χ1) is 13.3. The average molecular weight is 379 g/mol. The number of fused-ring (bicyclic) bond motifs is 1. The lowest BCUT2D eigenvalue weighted by molar-refractivity contribution is 0.414. The summed E-state index contributed by atoms with van der Waals surface area (Å²) in [6.07, 6.45) is 2.22. The van der Waals surface area contributed by atoms with E-state index in [-0.39, 0.29) is 5.56 Å². The lowest BCUT2D eigenvalue weighted by atomic mass is 10.2. The Hall–Kier alpha value is -3.13. The first kappa shape index (κ1) is 17.3. The number of thioether (sulfide) groups is 1. The van der Waals surface area contributed by atoms with E-state index in [2.05, 4.69) is 20.2 Å². The Kier molecular flexibility index (Phi) is 4.88. The van der Waals surface area contributed by atoms with Crippen LogP contribution in [0.2, 0.25) is 0 Å². The molecule has 0 aliphatic carbocycles. The summed E-state index contributed by atoms with van der Waals surface area (Å²) in [6, 6.07) is 15.3. The molecule has 0 fully saturated rings. The van der Waals surface area contributed by atoms with Gasteiger partial charge in [-0.2, -0.15) is 10.1 Å². The molecule has 0 saturated carbocycles. The summed E-state index contributed by atoms with van der Waals surface area (Å²) in [6.45, 7) is 0. The molecule has 2 heterocycles. The van der Waals surface area contributed by atoms with Gasteiger partial charge in [0.05, 0.1) is 18.0 Å². The molecule has 8 heteroatoms. The number of aryl methyl sites for hydroxylation is 1. The molecule has 136 valence electrons. The maximum atomic E-state index is 13.0. The van der Waals surface area contributed by atoms with Gasteiger partial charge in [0.25, 0.3) is 5.56 Å². The molecule has 2 aromatic carbocycles. The van der Waals surface area contributed by atoms with Crippen molar-refractivity contribution in [1.29, 1.82) is 0 Å². The number of benzene rings is 2. The maximum Gasteiger partial charge on any atom is 0.269 e. The Morgan fingerprint density at radius 3 is 2.70 bits per heavy atom. The normalized spacial score (nSPS) is 11.0. The van der Waals surface area contributed by atoms with Gasteiger partial charge >= 0.3 is 0 Å². The van der Waals surface area contributed by atoms with Crippen LogP contribution in [0.3, 0.4) is 0 Å². The Morgan fingerprint density at radius 2 is 1.96 bits per heavy atom. The standard InChI is InChI=1S/C19H17N5O2S/c1-26-14-8-6-13(7-9-14)10-11-27-19-22-16-5-3-2-4-15(16)17(25)24(19)18-20-12-21-23-18/h2-9,12H,10-11H2,1H3,(H,20,21,23).